The summed E-state index contributed by atoms with van der Waals surface area (Å²) >= 11 is 0. The molecule has 1 aliphatic heterocycles. The molecule has 10 nitrogen and oxygen atoms in total. The normalized spacial score (nSPS) is 14.1. The Labute approximate surface area is 224 Å². The van der Waals surface area contributed by atoms with Crippen LogP contribution < -0.4 is 14.9 Å². The van der Waals surface area contributed by atoms with Gasteiger partial charge in [0.15, 0.2) is 0 Å². The van der Waals surface area contributed by atoms with Crippen molar-refractivity contribution in [2.75, 3.05) is 41.3 Å². The fraction of sp³-hybridized carbons (Fsp3) is 0.360. The van der Waals surface area contributed by atoms with Crippen LogP contribution in [0.2, 0.25) is 0 Å². The first-order valence-corrected chi connectivity index (χ1v) is 14.0. The number of likely N-dealkylation sites (tertiary alicyclic amines) is 1. The topological polar surface area (TPSA) is 120 Å². The number of carbonyl (C=O) groups is 1. The van der Waals surface area contributed by atoms with E-state index in [0.29, 0.717) is 23.0 Å². The third-order valence-corrected chi connectivity index (χ3v) is 7.40. The number of halogens is 3. The highest BCUT2D eigenvalue weighted by Crippen LogP contribution is 2.34. The van der Waals surface area contributed by atoms with Crippen molar-refractivity contribution in [3.8, 4) is 0 Å². The fourth-order valence-electron chi connectivity index (χ4n) is 4.08. The van der Waals surface area contributed by atoms with Crippen LogP contribution in [0.15, 0.2) is 48.8 Å². The number of anilines is 4. The summed E-state index contributed by atoms with van der Waals surface area (Å²) in [5.74, 6) is -0.573. The number of pyridine rings is 1. The van der Waals surface area contributed by atoms with E-state index >= 15 is 0 Å². The lowest BCUT2D eigenvalue weighted by Gasteiger charge is -2.26. The molecule has 2 aromatic heterocycles. The largest absolute Gasteiger partial charge is 0.421 e. The molecule has 0 bridgehead atoms. The molecular formula is C25H28F3N7O3S. The van der Waals surface area contributed by atoms with Gasteiger partial charge in [0.05, 0.1) is 6.26 Å². The minimum absolute atomic E-state index is 0.0604. The van der Waals surface area contributed by atoms with Gasteiger partial charge in [0, 0.05) is 55.9 Å². The smallest absolute Gasteiger partial charge is 0.365 e. The minimum atomic E-state index is -4.74. The summed E-state index contributed by atoms with van der Waals surface area (Å²) in [6, 6.07) is 9.66. The monoisotopic (exact) mass is 563 g/mol. The number of sulfonamides is 1. The third-order valence-electron chi connectivity index (χ3n) is 6.23. The van der Waals surface area contributed by atoms with E-state index in [1.807, 2.05) is 4.90 Å². The van der Waals surface area contributed by atoms with Crippen LogP contribution in [0, 0.1) is 0 Å². The molecule has 0 aliphatic carbocycles. The number of nitrogens with one attached hydrogen (secondary N) is 2. The van der Waals surface area contributed by atoms with Crippen molar-refractivity contribution >= 4 is 39.2 Å². The van der Waals surface area contributed by atoms with Crippen molar-refractivity contribution in [3.05, 3.63) is 65.5 Å². The Morgan fingerprint density at radius 2 is 1.77 bits per heavy atom. The first kappa shape index (κ1) is 28.1. The number of piperidine rings is 1. The summed E-state index contributed by atoms with van der Waals surface area (Å²) in [4.78, 5) is 26.4. The molecule has 14 heteroatoms. The second kappa shape index (κ2) is 11.4. The SMILES string of the molecule is CN(c1ncccc1CNc1nc(Nc2ccc(C(=O)N3CCCCC3)cc2)ncc1C(F)(F)F)S(C)(=O)=O. The van der Waals surface area contributed by atoms with E-state index in [0.717, 1.165) is 42.9 Å². The van der Waals surface area contributed by atoms with Crippen molar-refractivity contribution in [1.29, 1.82) is 0 Å². The van der Waals surface area contributed by atoms with E-state index in [-0.39, 0.29) is 24.2 Å². The van der Waals surface area contributed by atoms with Gasteiger partial charge in [-0.3, -0.25) is 9.10 Å². The number of nitrogens with zero attached hydrogens (tertiary/aromatic N) is 5. The summed E-state index contributed by atoms with van der Waals surface area (Å²) in [5.41, 5.74) is 0.266. The van der Waals surface area contributed by atoms with Crippen LogP contribution >= 0.6 is 0 Å². The minimum Gasteiger partial charge on any atom is -0.365 e. The van der Waals surface area contributed by atoms with Crippen molar-refractivity contribution in [2.24, 2.45) is 0 Å². The summed E-state index contributed by atoms with van der Waals surface area (Å²) in [6.07, 6.45) is 1.38. The van der Waals surface area contributed by atoms with Crippen molar-refractivity contribution in [2.45, 2.75) is 32.0 Å². The number of rotatable bonds is 8. The molecule has 1 amide bonds. The zero-order valence-electron chi connectivity index (χ0n) is 21.4. The predicted molar refractivity (Wildman–Crippen MR) is 141 cm³/mol. The molecular weight excluding hydrogens is 535 g/mol. The standard InChI is InChI=1S/C25H28F3N7O3S/c1-34(39(2,37)38)22-18(7-6-12-29-22)15-30-21-20(25(26,27)28)16-31-24(33-21)32-19-10-8-17(9-11-19)23(36)35-13-4-3-5-14-35/h6-12,16H,3-5,13-15H2,1-2H3,(H2,30,31,32,33). The lowest BCUT2D eigenvalue weighted by atomic mass is 10.1. The number of carbonyl (C=O) groups excluding carboxylic acids is 1. The maximum Gasteiger partial charge on any atom is 0.421 e. The molecule has 0 atom stereocenters. The first-order valence-electron chi connectivity index (χ1n) is 12.2. The first-order chi connectivity index (χ1) is 18.4. The van der Waals surface area contributed by atoms with E-state index < -0.39 is 27.6 Å². The Kier molecular flexibility index (Phi) is 8.23. The Morgan fingerprint density at radius 1 is 1.08 bits per heavy atom. The third kappa shape index (κ3) is 6.93. The number of amides is 1. The summed E-state index contributed by atoms with van der Waals surface area (Å²) in [7, 11) is -2.34. The Balaban J connectivity index is 1.53. The van der Waals surface area contributed by atoms with E-state index in [1.54, 1.807) is 36.4 Å². The summed E-state index contributed by atoms with van der Waals surface area (Å²) in [5, 5.41) is 5.51. The number of hydrogen-bond acceptors (Lipinski definition) is 8. The van der Waals surface area contributed by atoms with Gasteiger partial charge in [-0.25, -0.2) is 18.4 Å². The molecule has 1 aromatic carbocycles. The fourth-order valence-corrected chi connectivity index (χ4v) is 4.56. The molecule has 0 saturated carbocycles. The van der Waals surface area contributed by atoms with E-state index in [1.165, 1.54) is 13.2 Å². The maximum absolute atomic E-state index is 13.7. The molecule has 39 heavy (non-hydrogen) atoms. The zero-order valence-corrected chi connectivity index (χ0v) is 22.2. The second-order valence-electron chi connectivity index (χ2n) is 9.08. The second-order valence-corrected chi connectivity index (χ2v) is 11.1. The van der Waals surface area contributed by atoms with Gasteiger partial charge in [0.25, 0.3) is 5.91 Å². The van der Waals surface area contributed by atoms with Gasteiger partial charge >= 0.3 is 6.18 Å². The number of hydrogen-bond donors (Lipinski definition) is 2. The number of alkyl halides is 3. The van der Waals surface area contributed by atoms with Crippen LogP contribution in [0.4, 0.5) is 36.4 Å². The molecule has 1 aliphatic rings. The highest BCUT2D eigenvalue weighted by molar-refractivity contribution is 7.92. The predicted octanol–water partition coefficient (Wildman–Crippen LogP) is 4.27. The molecule has 3 aromatic rings. The van der Waals surface area contributed by atoms with Gasteiger partial charge in [0.2, 0.25) is 16.0 Å². The lowest BCUT2D eigenvalue weighted by Crippen LogP contribution is -2.35. The van der Waals surface area contributed by atoms with E-state index in [9.17, 15) is 26.4 Å². The van der Waals surface area contributed by atoms with Crippen LogP contribution in [-0.2, 0) is 22.7 Å². The average Bonchev–Trinajstić information content (AvgIpc) is 2.91. The van der Waals surface area contributed by atoms with Crippen LogP contribution in [0.1, 0.15) is 40.7 Å². The van der Waals surface area contributed by atoms with E-state index in [2.05, 4.69) is 25.6 Å². The maximum atomic E-state index is 13.7. The van der Waals surface area contributed by atoms with E-state index in [4.69, 9.17) is 0 Å². The van der Waals surface area contributed by atoms with Gasteiger partial charge in [0.1, 0.15) is 17.2 Å². The molecule has 1 saturated heterocycles. The molecule has 0 spiro atoms. The Hall–Kier alpha value is -3.94. The highest BCUT2D eigenvalue weighted by atomic mass is 32.2. The molecule has 4 rings (SSSR count). The Bertz CT molecular complexity index is 1430. The van der Waals surface area contributed by atoms with Crippen LogP contribution in [0.5, 0.6) is 0 Å². The van der Waals surface area contributed by atoms with Crippen molar-refractivity contribution in [3.63, 3.8) is 0 Å². The van der Waals surface area contributed by atoms with Crippen LogP contribution in [0.25, 0.3) is 0 Å². The molecule has 1 fully saturated rings. The lowest BCUT2D eigenvalue weighted by molar-refractivity contribution is -0.137. The number of benzene rings is 1. The quantitative estimate of drug-likeness (QED) is 0.417. The van der Waals surface area contributed by atoms with Gasteiger partial charge in [-0.05, 0) is 49.6 Å². The molecule has 0 radical (unpaired) electrons. The average molecular weight is 564 g/mol. The van der Waals surface area contributed by atoms with Gasteiger partial charge in [-0.2, -0.15) is 18.2 Å². The van der Waals surface area contributed by atoms with Gasteiger partial charge < -0.3 is 15.5 Å². The summed E-state index contributed by atoms with van der Waals surface area (Å²) in [6.45, 7) is 1.26. The summed E-state index contributed by atoms with van der Waals surface area (Å²) < 4.78 is 66.0. The molecule has 2 N–H and O–H groups in total. The van der Waals surface area contributed by atoms with Gasteiger partial charge in [-0.1, -0.05) is 6.07 Å². The molecule has 208 valence electrons. The number of aromatic nitrogens is 3. The molecule has 0 unspecified atom stereocenters. The van der Waals surface area contributed by atoms with Crippen molar-refractivity contribution < 1.29 is 26.4 Å². The highest BCUT2D eigenvalue weighted by Gasteiger charge is 2.35. The van der Waals surface area contributed by atoms with Crippen LogP contribution in [-0.4, -0.2) is 60.6 Å². The zero-order chi connectivity index (χ0) is 28.2. The van der Waals surface area contributed by atoms with Crippen LogP contribution in [0.3, 0.4) is 0 Å². The van der Waals surface area contributed by atoms with Crippen molar-refractivity contribution in [1.82, 2.24) is 19.9 Å². The van der Waals surface area contributed by atoms with Gasteiger partial charge in [-0.15, -0.1) is 0 Å². The Morgan fingerprint density at radius 3 is 2.41 bits per heavy atom. The molecule has 3 heterocycles.